The molecule has 1 saturated carbocycles. The molecule has 1 aliphatic carbocycles. The number of rotatable bonds is 3. The molecule has 2 aromatic rings. The molecule has 22 heavy (non-hydrogen) atoms. The summed E-state index contributed by atoms with van der Waals surface area (Å²) in [7, 11) is 0. The van der Waals surface area contributed by atoms with Crippen LogP contribution in [0.4, 0.5) is 4.39 Å². The van der Waals surface area contributed by atoms with Crippen molar-refractivity contribution in [3.8, 4) is 0 Å². The molecule has 0 aliphatic heterocycles. The molecular formula is C16H20ClFN2OS. The van der Waals surface area contributed by atoms with Crippen molar-refractivity contribution in [1.29, 1.82) is 0 Å². The van der Waals surface area contributed by atoms with Gasteiger partial charge in [-0.25, -0.2) is 4.39 Å². The first kappa shape index (κ1) is 17.2. The molecule has 1 fully saturated rings. The Morgan fingerprint density at radius 1 is 1.41 bits per heavy atom. The molecule has 120 valence electrons. The molecule has 0 saturated heterocycles. The lowest BCUT2D eigenvalue weighted by Gasteiger charge is -2.28. The fraction of sp³-hybridized carbons (Fsp3) is 0.438. The van der Waals surface area contributed by atoms with Crippen LogP contribution in [0.25, 0.3) is 10.1 Å². The first-order valence-electron chi connectivity index (χ1n) is 7.26. The van der Waals surface area contributed by atoms with Crippen molar-refractivity contribution in [3.05, 3.63) is 34.5 Å². The number of hydrogen-bond acceptors (Lipinski definition) is 3. The van der Waals surface area contributed by atoms with Crippen molar-refractivity contribution in [3.63, 3.8) is 0 Å². The second-order valence-electron chi connectivity index (χ2n) is 5.84. The molecule has 0 atom stereocenters. The Hall–Kier alpha value is -1.17. The second-order valence-corrected chi connectivity index (χ2v) is 6.89. The fourth-order valence-corrected chi connectivity index (χ4v) is 4.22. The van der Waals surface area contributed by atoms with Gasteiger partial charge in [-0.3, -0.25) is 4.79 Å². The van der Waals surface area contributed by atoms with Gasteiger partial charge in [0.25, 0.3) is 5.91 Å². The van der Waals surface area contributed by atoms with Crippen LogP contribution in [0.3, 0.4) is 0 Å². The van der Waals surface area contributed by atoms with Crippen LogP contribution in [-0.2, 0) is 0 Å². The Morgan fingerprint density at radius 2 is 2.09 bits per heavy atom. The Bertz CT molecular complexity index is 695. The van der Waals surface area contributed by atoms with E-state index in [1.165, 1.54) is 23.5 Å². The predicted molar refractivity (Wildman–Crippen MR) is 91.5 cm³/mol. The predicted octanol–water partition coefficient (Wildman–Crippen LogP) is 3.77. The summed E-state index contributed by atoms with van der Waals surface area (Å²) in [5, 5.41) is 3.95. The van der Waals surface area contributed by atoms with E-state index in [0.29, 0.717) is 11.4 Å². The van der Waals surface area contributed by atoms with E-state index in [1.807, 2.05) is 6.92 Å². The van der Waals surface area contributed by atoms with Crippen LogP contribution in [0.2, 0.25) is 0 Å². The molecule has 1 heterocycles. The third kappa shape index (κ3) is 2.98. The van der Waals surface area contributed by atoms with Crippen molar-refractivity contribution < 1.29 is 9.18 Å². The highest BCUT2D eigenvalue weighted by Crippen LogP contribution is 2.33. The quantitative estimate of drug-likeness (QED) is 0.892. The van der Waals surface area contributed by atoms with Crippen molar-refractivity contribution >= 4 is 39.7 Å². The van der Waals surface area contributed by atoms with Gasteiger partial charge in [0.1, 0.15) is 5.82 Å². The van der Waals surface area contributed by atoms with Gasteiger partial charge in [0.15, 0.2) is 0 Å². The van der Waals surface area contributed by atoms with Gasteiger partial charge in [-0.2, -0.15) is 0 Å². The van der Waals surface area contributed by atoms with E-state index >= 15 is 0 Å². The minimum absolute atomic E-state index is 0. The van der Waals surface area contributed by atoms with Crippen LogP contribution in [0.1, 0.15) is 40.9 Å². The van der Waals surface area contributed by atoms with Gasteiger partial charge in [0.05, 0.1) is 10.4 Å². The molecule has 0 unspecified atom stereocenters. The minimum Gasteiger partial charge on any atom is -0.345 e. The van der Waals surface area contributed by atoms with Gasteiger partial charge < -0.3 is 11.1 Å². The number of benzene rings is 1. The van der Waals surface area contributed by atoms with Crippen molar-refractivity contribution in [2.45, 2.75) is 38.1 Å². The number of halogens is 2. The summed E-state index contributed by atoms with van der Waals surface area (Å²) in [6.45, 7) is 2.34. The summed E-state index contributed by atoms with van der Waals surface area (Å²) in [5.74, 6) is -0.356. The van der Waals surface area contributed by atoms with E-state index in [2.05, 4.69) is 5.32 Å². The Labute approximate surface area is 139 Å². The summed E-state index contributed by atoms with van der Waals surface area (Å²) in [6, 6.07) is 4.65. The van der Waals surface area contributed by atoms with Gasteiger partial charge in [-0.05, 0) is 48.9 Å². The standard InChI is InChI=1S/C16H19FN2OS.ClH/c1-10-12-8-11(17)4-5-13(12)21-14(10)15(20)19-16(9-18)6-2-3-7-16;/h4-5,8H,2-3,6-7,9,18H2,1H3,(H,19,20);1H. The van der Waals surface area contributed by atoms with Crippen LogP contribution < -0.4 is 11.1 Å². The first-order chi connectivity index (χ1) is 10.0. The average molecular weight is 343 g/mol. The number of hydrogen-bond donors (Lipinski definition) is 2. The van der Waals surface area contributed by atoms with Gasteiger partial charge >= 0.3 is 0 Å². The highest BCUT2D eigenvalue weighted by Gasteiger charge is 2.34. The lowest BCUT2D eigenvalue weighted by atomic mass is 9.97. The Morgan fingerprint density at radius 3 is 2.73 bits per heavy atom. The third-order valence-corrected chi connectivity index (χ3v) is 5.71. The van der Waals surface area contributed by atoms with Crippen molar-refractivity contribution in [1.82, 2.24) is 5.32 Å². The molecule has 0 radical (unpaired) electrons. The zero-order valence-electron chi connectivity index (χ0n) is 12.4. The molecule has 0 spiro atoms. The summed E-state index contributed by atoms with van der Waals surface area (Å²) < 4.78 is 14.3. The highest BCUT2D eigenvalue weighted by atomic mass is 35.5. The third-order valence-electron chi connectivity index (χ3n) is 4.43. The molecule has 3 N–H and O–H groups in total. The molecule has 1 aromatic carbocycles. The first-order valence-corrected chi connectivity index (χ1v) is 8.07. The molecule has 3 rings (SSSR count). The van der Waals surface area contributed by atoms with E-state index < -0.39 is 0 Å². The summed E-state index contributed by atoms with van der Waals surface area (Å²) in [4.78, 5) is 13.3. The number of aryl methyl sites for hydroxylation is 1. The number of carbonyl (C=O) groups is 1. The van der Waals surface area contributed by atoms with Crippen LogP contribution in [-0.4, -0.2) is 18.0 Å². The van der Waals surface area contributed by atoms with Crippen LogP contribution >= 0.6 is 23.7 Å². The molecule has 1 aliphatic rings. The number of amides is 1. The Balaban J connectivity index is 0.00000176. The molecular weight excluding hydrogens is 323 g/mol. The van der Waals surface area contributed by atoms with Gasteiger partial charge in [-0.15, -0.1) is 23.7 Å². The number of nitrogens with one attached hydrogen (secondary N) is 1. The maximum absolute atomic E-state index is 13.4. The largest absolute Gasteiger partial charge is 0.345 e. The van der Waals surface area contributed by atoms with Crippen LogP contribution in [0, 0.1) is 12.7 Å². The van der Waals surface area contributed by atoms with E-state index in [1.54, 1.807) is 6.07 Å². The van der Waals surface area contributed by atoms with Crippen molar-refractivity contribution in [2.75, 3.05) is 6.54 Å². The summed E-state index contributed by atoms with van der Waals surface area (Å²) in [5.41, 5.74) is 6.45. The maximum atomic E-state index is 13.4. The van der Waals surface area contributed by atoms with E-state index in [4.69, 9.17) is 5.73 Å². The topological polar surface area (TPSA) is 55.1 Å². The van der Waals surface area contributed by atoms with Gasteiger partial charge in [0, 0.05) is 11.2 Å². The normalized spacial score (nSPS) is 16.5. The lowest BCUT2D eigenvalue weighted by molar-refractivity contribution is 0.0907. The van der Waals surface area contributed by atoms with E-state index in [-0.39, 0.29) is 29.7 Å². The van der Waals surface area contributed by atoms with E-state index in [9.17, 15) is 9.18 Å². The van der Waals surface area contributed by atoms with Gasteiger partial charge in [-0.1, -0.05) is 12.8 Å². The number of carbonyl (C=O) groups excluding carboxylic acids is 1. The summed E-state index contributed by atoms with van der Waals surface area (Å²) in [6.07, 6.45) is 4.09. The second kappa shape index (κ2) is 6.52. The average Bonchev–Trinajstić information content (AvgIpc) is 3.05. The molecule has 6 heteroatoms. The monoisotopic (exact) mass is 342 g/mol. The zero-order valence-corrected chi connectivity index (χ0v) is 14.1. The fourth-order valence-electron chi connectivity index (χ4n) is 3.14. The van der Waals surface area contributed by atoms with Crippen molar-refractivity contribution in [2.24, 2.45) is 5.73 Å². The molecule has 0 bridgehead atoms. The minimum atomic E-state index is -0.274. The molecule has 3 nitrogen and oxygen atoms in total. The number of thiophene rings is 1. The summed E-state index contributed by atoms with van der Waals surface area (Å²) >= 11 is 1.41. The Kier molecular flexibility index (Phi) is 5.10. The molecule has 1 amide bonds. The van der Waals surface area contributed by atoms with Crippen LogP contribution in [0.15, 0.2) is 18.2 Å². The smallest absolute Gasteiger partial charge is 0.262 e. The number of fused-ring (bicyclic) bond motifs is 1. The SMILES string of the molecule is Cc1c(C(=O)NC2(CN)CCCC2)sc2ccc(F)cc12.Cl. The van der Waals surface area contributed by atoms with Gasteiger partial charge in [0.2, 0.25) is 0 Å². The highest BCUT2D eigenvalue weighted by molar-refractivity contribution is 7.21. The van der Waals surface area contributed by atoms with E-state index in [0.717, 1.165) is 41.3 Å². The number of nitrogens with two attached hydrogens (primary N) is 1. The maximum Gasteiger partial charge on any atom is 0.262 e. The molecule has 1 aromatic heterocycles. The van der Waals surface area contributed by atoms with Crippen LogP contribution in [0.5, 0.6) is 0 Å². The zero-order chi connectivity index (χ0) is 15.0. The lowest BCUT2D eigenvalue weighted by Crippen LogP contribution is -2.51.